The summed E-state index contributed by atoms with van der Waals surface area (Å²) in [5.74, 6) is 0.0335. The number of nitrogens with two attached hydrogens (primary N) is 1. The summed E-state index contributed by atoms with van der Waals surface area (Å²) in [5, 5.41) is 0. The van der Waals surface area contributed by atoms with Gasteiger partial charge in [0, 0.05) is 11.3 Å². The van der Waals surface area contributed by atoms with Gasteiger partial charge >= 0.3 is 0 Å². The Kier molecular flexibility index (Phi) is 2.73. The van der Waals surface area contributed by atoms with Gasteiger partial charge in [-0.25, -0.2) is 0 Å². The molecule has 0 amide bonds. The zero-order valence-corrected chi connectivity index (χ0v) is 9.10. The maximum atomic E-state index is 11.5. The number of carbonyl (C=O) groups is 1. The van der Waals surface area contributed by atoms with Crippen molar-refractivity contribution in [3.63, 3.8) is 0 Å². The number of nitrogen functional groups attached to an aromatic ring is 1. The van der Waals surface area contributed by atoms with Crippen molar-refractivity contribution in [2.45, 2.75) is 6.92 Å². The normalized spacial score (nSPS) is 10.1. The Morgan fingerprint density at radius 2 is 1.75 bits per heavy atom. The van der Waals surface area contributed by atoms with Crippen molar-refractivity contribution in [3.05, 3.63) is 54.1 Å². The summed E-state index contributed by atoms with van der Waals surface area (Å²) in [6, 6.07) is 15.3. The molecule has 80 valence electrons. The van der Waals surface area contributed by atoms with E-state index in [2.05, 4.69) is 0 Å². The van der Waals surface area contributed by atoms with Gasteiger partial charge in [-0.3, -0.25) is 4.79 Å². The van der Waals surface area contributed by atoms with Crippen molar-refractivity contribution in [2.75, 3.05) is 5.73 Å². The van der Waals surface area contributed by atoms with Gasteiger partial charge in [0.1, 0.15) is 0 Å². The lowest BCUT2D eigenvalue weighted by Crippen LogP contribution is -1.98. The van der Waals surface area contributed by atoms with Gasteiger partial charge in [0.15, 0.2) is 5.78 Å². The van der Waals surface area contributed by atoms with Crippen LogP contribution in [-0.2, 0) is 0 Å². The van der Waals surface area contributed by atoms with Gasteiger partial charge in [0.2, 0.25) is 0 Å². The first-order valence-electron chi connectivity index (χ1n) is 5.14. The second-order valence-corrected chi connectivity index (χ2v) is 3.73. The molecule has 2 nitrogen and oxygen atoms in total. The maximum absolute atomic E-state index is 11.5. The molecule has 0 aromatic heterocycles. The molecule has 2 rings (SSSR count). The Balaban J connectivity index is 2.61. The largest absolute Gasteiger partial charge is 0.399 e. The molecule has 0 aliphatic carbocycles. The van der Waals surface area contributed by atoms with Crippen LogP contribution in [0.3, 0.4) is 0 Å². The Bertz CT molecular complexity index is 518. The van der Waals surface area contributed by atoms with Crippen molar-refractivity contribution in [2.24, 2.45) is 0 Å². The topological polar surface area (TPSA) is 43.1 Å². The number of anilines is 1. The number of hydrogen-bond donors (Lipinski definition) is 1. The fraction of sp³-hybridized carbons (Fsp3) is 0.0714. The molecule has 2 aromatic carbocycles. The van der Waals surface area contributed by atoms with Gasteiger partial charge in [0.05, 0.1) is 0 Å². The van der Waals surface area contributed by atoms with E-state index in [1.165, 1.54) is 0 Å². The van der Waals surface area contributed by atoms with E-state index >= 15 is 0 Å². The summed E-state index contributed by atoms with van der Waals surface area (Å²) in [7, 11) is 0. The molecule has 0 aliphatic heterocycles. The summed E-state index contributed by atoms with van der Waals surface area (Å²) >= 11 is 0. The zero-order chi connectivity index (χ0) is 11.5. The molecular formula is C14H13NO. The molecule has 0 saturated carbocycles. The summed E-state index contributed by atoms with van der Waals surface area (Å²) in [6.45, 7) is 1.56. The van der Waals surface area contributed by atoms with Gasteiger partial charge in [-0.2, -0.15) is 0 Å². The molecule has 16 heavy (non-hydrogen) atoms. The molecule has 0 saturated heterocycles. The Hall–Kier alpha value is -2.09. The van der Waals surface area contributed by atoms with Crippen LogP contribution in [0.5, 0.6) is 0 Å². The van der Waals surface area contributed by atoms with Crippen LogP contribution in [0.1, 0.15) is 17.3 Å². The van der Waals surface area contributed by atoms with E-state index in [-0.39, 0.29) is 5.78 Å². The van der Waals surface area contributed by atoms with Crippen LogP contribution in [0.2, 0.25) is 0 Å². The van der Waals surface area contributed by atoms with Gasteiger partial charge in [0.25, 0.3) is 0 Å². The first-order valence-corrected chi connectivity index (χ1v) is 5.14. The van der Waals surface area contributed by atoms with E-state index in [0.29, 0.717) is 11.3 Å². The van der Waals surface area contributed by atoms with Crippen molar-refractivity contribution < 1.29 is 4.79 Å². The standard InChI is InChI=1S/C14H13NO/c1-10(16)14-9-12(15)7-8-13(14)11-5-3-2-4-6-11/h2-9H,15H2,1H3. The van der Waals surface area contributed by atoms with Crippen LogP contribution in [0.15, 0.2) is 48.5 Å². The van der Waals surface area contributed by atoms with Crippen molar-refractivity contribution >= 4 is 11.5 Å². The predicted octanol–water partition coefficient (Wildman–Crippen LogP) is 3.14. The van der Waals surface area contributed by atoms with Gasteiger partial charge in [-0.05, 0) is 30.2 Å². The minimum atomic E-state index is 0.0335. The van der Waals surface area contributed by atoms with E-state index in [4.69, 9.17) is 5.73 Å². The second-order valence-electron chi connectivity index (χ2n) is 3.73. The lowest BCUT2D eigenvalue weighted by Gasteiger charge is -2.07. The van der Waals surface area contributed by atoms with E-state index in [1.54, 1.807) is 13.0 Å². The van der Waals surface area contributed by atoms with Crippen LogP contribution < -0.4 is 5.73 Å². The quantitative estimate of drug-likeness (QED) is 0.612. The average molecular weight is 211 g/mol. The third kappa shape index (κ3) is 1.96. The molecule has 0 atom stereocenters. The predicted molar refractivity (Wildman–Crippen MR) is 66.3 cm³/mol. The van der Waals surface area contributed by atoms with Crippen LogP contribution >= 0.6 is 0 Å². The third-order valence-electron chi connectivity index (χ3n) is 2.51. The molecule has 0 spiro atoms. The lowest BCUT2D eigenvalue weighted by atomic mass is 9.97. The number of ketones is 1. The summed E-state index contributed by atoms with van der Waals surface area (Å²) < 4.78 is 0. The Morgan fingerprint density at radius 1 is 1.06 bits per heavy atom. The van der Waals surface area contributed by atoms with Crippen LogP contribution in [-0.4, -0.2) is 5.78 Å². The first kappa shape index (κ1) is 10.4. The molecular weight excluding hydrogens is 198 g/mol. The summed E-state index contributed by atoms with van der Waals surface area (Å²) in [6.07, 6.45) is 0. The van der Waals surface area contributed by atoms with Crippen molar-refractivity contribution in [1.29, 1.82) is 0 Å². The summed E-state index contributed by atoms with van der Waals surface area (Å²) in [5.41, 5.74) is 8.95. The monoisotopic (exact) mass is 211 g/mol. The first-order chi connectivity index (χ1) is 7.68. The molecule has 0 unspecified atom stereocenters. The molecule has 2 heteroatoms. The Morgan fingerprint density at radius 3 is 2.38 bits per heavy atom. The highest BCUT2D eigenvalue weighted by molar-refractivity contribution is 6.01. The van der Waals surface area contributed by atoms with Gasteiger partial charge < -0.3 is 5.73 Å². The molecule has 0 radical (unpaired) electrons. The lowest BCUT2D eigenvalue weighted by molar-refractivity contribution is 0.101. The SMILES string of the molecule is CC(=O)c1cc(N)ccc1-c1ccccc1. The van der Waals surface area contributed by atoms with Crippen molar-refractivity contribution in [1.82, 2.24) is 0 Å². The highest BCUT2D eigenvalue weighted by Gasteiger charge is 2.08. The molecule has 2 N–H and O–H groups in total. The average Bonchev–Trinajstić information content (AvgIpc) is 2.30. The highest BCUT2D eigenvalue weighted by Crippen LogP contribution is 2.25. The molecule has 0 heterocycles. The van der Waals surface area contributed by atoms with Crippen LogP contribution in [0, 0.1) is 0 Å². The number of benzene rings is 2. The minimum absolute atomic E-state index is 0.0335. The molecule has 2 aromatic rings. The van der Waals surface area contributed by atoms with Crippen LogP contribution in [0.4, 0.5) is 5.69 Å². The Labute approximate surface area is 94.7 Å². The van der Waals surface area contributed by atoms with Crippen molar-refractivity contribution in [3.8, 4) is 11.1 Å². The second kappa shape index (κ2) is 4.19. The number of Topliss-reactive ketones (excluding diaryl/α,β-unsaturated/α-hetero) is 1. The van der Waals surface area contributed by atoms with Crippen LogP contribution in [0.25, 0.3) is 11.1 Å². The smallest absolute Gasteiger partial charge is 0.160 e. The molecule has 0 fully saturated rings. The number of carbonyl (C=O) groups excluding carboxylic acids is 1. The molecule has 0 bridgehead atoms. The third-order valence-corrected chi connectivity index (χ3v) is 2.51. The zero-order valence-electron chi connectivity index (χ0n) is 9.10. The number of hydrogen-bond acceptors (Lipinski definition) is 2. The fourth-order valence-electron chi connectivity index (χ4n) is 1.72. The maximum Gasteiger partial charge on any atom is 0.160 e. The van der Waals surface area contributed by atoms with E-state index in [0.717, 1.165) is 11.1 Å². The molecule has 0 aliphatic rings. The summed E-state index contributed by atoms with van der Waals surface area (Å²) in [4.78, 5) is 11.5. The van der Waals surface area contributed by atoms with E-state index in [1.807, 2.05) is 42.5 Å². The van der Waals surface area contributed by atoms with E-state index < -0.39 is 0 Å². The van der Waals surface area contributed by atoms with Gasteiger partial charge in [-0.1, -0.05) is 36.4 Å². The van der Waals surface area contributed by atoms with E-state index in [9.17, 15) is 4.79 Å². The van der Waals surface area contributed by atoms with Gasteiger partial charge in [-0.15, -0.1) is 0 Å². The number of rotatable bonds is 2. The minimum Gasteiger partial charge on any atom is -0.399 e. The fourth-order valence-corrected chi connectivity index (χ4v) is 1.72. The highest BCUT2D eigenvalue weighted by atomic mass is 16.1.